The molecule has 0 aliphatic rings. The van der Waals surface area contributed by atoms with Crippen LogP contribution >= 0.6 is 0 Å². The van der Waals surface area contributed by atoms with Gasteiger partial charge in [-0.05, 0) is 34.6 Å². The Morgan fingerprint density at radius 3 is 1.27 bits per heavy atom. The van der Waals surface area contributed by atoms with E-state index in [4.69, 9.17) is 22.8 Å². The molecule has 1 heterocycles. The van der Waals surface area contributed by atoms with Gasteiger partial charge in [-0.15, -0.1) is 4.98 Å². The van der Waals surface area contributed by atoms with Crippen LogP contribution in [-0.4, -0.2) is 63.0 Å². The van der Waals surface area contributed by atoms with Crippen molar-refractivity contribution in [3.63, 3.8) is 0 Å². The van der Waals surface area contributed by atoms with E-state index < -0.39 is 8.80 Å². The van der Waals surface area contributed by atoms with E-state index in [9.17, 15) is 0 Å². The lowest BCUT2D eigenvalue weighted by Gasteiger charge is -2.28. The number of anilines is 1. The Bertz CT molecular complexity index is 443. The average molecular weight is 457 g/mol. The molecule has 0 aromatic carbocycles. The van der Waals surface area contributed by atoms with Gasteiger partial charge in [0.2, 0.25) is 5.95 Å². The maximum absolute atomic E-state index is 5.79. The van der Waals surface area contributed by atoms with Crippen molar-refractivity contribution < 1.29 is 22.8 Å². The van der Waals surface area contributed by atoms with Crippen LogP contribution in [0.3, 0.4) is 0 Å². The lowest BCUT2D eigenvalue weighted by molar-refractivity contribution is 0.0740. The van der Waals surface area contributed by atoms with Crippen molar-refractivity contribution in [1.82, 2.24) is 15.0 Å². The highest BCUT2D eigenvalue weighted by atomic mass is 28.4. The second kappa shape index (κ2) is 23.8. The van der Waals surface area contributed by atoms with Crippen LogP contribution in [0, 0.1) is 0 Å². The first-order valence-electron chi connectivity index (χ1n) is 8.30. The summed E-state index contributed by atoms with van der Waals surface area (Å²) < 4.78 is 28.0. The lowest BCUT2D eigenvalue weighted by Crippen LogP contribution is -2.52. The van der Waals surface area contributed by atoms with Gasteiger partial charge in [-0.25, -0.2) is 0 Å². The van der Waals surface area contributed by atoms with E-state index in [0.29, 0.717) is 45.2 Å². The Balaban J connectivity index is -0.000000240. The minimum atomic E-state index is -2.84. The quantitative estimate of drug-likeness (QED) is 0.386. The van der Waals surface area contributed by atoms with Gasteiger partial charge in [0.25, 0.3) is 0 Å². The molecule has 0 unspecified atom stereocenters. The minimum Gasteiger partial charge on any atom is -0.464 e. The maximum Gasteiger partial charge on any atom is 0.521 e. The van der Waals surface area contributed by atoms with E-state index in [1.807, 2.05) is 34.6 Å². The molecule has 0 spiro atoms. The molecular formula is C20H52N4O5Si. The first-order chi connectivity index (χ1) is 11.6. The smallest absolute Gasteiger partial charge is 0.464 e. The summed E-state index contributed by atoms with van der Waals surface area (Å²) in [5, 5.41) is 3.10. The Morgan fingerprint density at radius 2 is 0.967 bits per heavy atom. The first-order valence-corrected chi connectivity index (χ1v) is 10.2. The normalized spacial score (nSPS) is 9.10. The monoisotopic (exact) mass is 456 g/mol. The molecule has 186 valence electrons. The van der Waals surface area contributed by atoms with Gasteiger partial charge in [-0.2, -0.15) is 9.97 Å². The molecule has 1 aromatic heterocycles. The summed E-state index contributed by atoms with van der Waals surface area (Å²) in [5.41, 5.74) is 0. The summed E-state index contributed by atoms with van der Waals surface area (Å²) in [6.07, 6.45) is 0.337. The second-order valence-electron chi connectivity index (χ2n) is 4.43. The molecule has 0 saturated heterocycles. The van der Waals surface area contributed by atoms with Crippen LogP contribution in [0.15, 0.2) is 0 Å². The van der Waals surface area contributed by atoms with E-state index >= 15 is 0 Å². The molecule has 1 aromatic rings. The van der Waals surface area contributed by atoms with Crippen LogP contribution in [0.1, 0.15) is 79.2 Å². The van der Waals surface area contributed by atoms with E-state index in [1.165, 1.54) is 0 Å². The van der Waals surface area contributed by atoms with Gasteiger partial charge in [-0.1, -0.05) is 44.6 Å². The number of hydrogen-bond acceptors (Lipinski definition) is 9. The third-order valence-corrected chi connectivity index (χ3v) is 5.49. The molecule has 0 bridgehead atoms. The number of ether oxygens (including phenoxy) is 2. The molecule has 0 atom stereocenters. The van der Waals surface area contributed by atoms with Crippen molar-refractivity contribution >= 4 is 14.8 Å². The van der Waals surface area contributed by atoms with Crippen LogP contribution in [0.25, 0.3) is 0 Å². The zero-order valence-electron chi connectivity index (χ0n) is 15.1. The molecular weight excluding hydrogens is 404 g/mol. The van der Waals surface area contributed by atoms with Gasteiger partial charge >= 0.3 is 20.8 Å². The van der Waals surface area contributed by atoms with Crippen LogP contribution < -0.4 is 14.8 Å². The van der Waals surface area contributed by atoms with Gasteiger partial charge in [0.15, 0.2) is 0 Å². The van der Waals surface area contributed by atoms with Crippen LogP contribution in [0.2, 0.25) is 0 Å². The van der Waals surface area contributed by atoms with E-state index in [-0.39, 0.29) is 56.6 Å². The van der Waals surface area contributed by atoms with E-state index in [2.05, 4.69) is 20.3 Å². The fourth-order valence-corrected chi connectivity index (χ4v) is 4.18. The standard InChI is InChI=1S/C14H28N4O5Si.6CH4/c1-6-19-13-16-12(17-14(18-13)20-7-2)15-11-24(21-8-3,22-9-4)23-10-5;;;;;;/h6-11H2,1-5H3,(H,15,16,17,18);6*1H4. The van der Waals surface area contributed by atoms with Crippen LogP contribution in [-0.2, 0) is 13.3 Å². The topological polar surface area (TPSA) is 96.9 Å². The summed E-state index contributed by atoms with van der Waals surface area (Å²) >= 11 is 0. The van der Waals surface area contributed by atoms with Gasteiger partial charge in [0.1, 0.15) is 0 Å². The van der Waals surface area contributed by atoms with Gasteiger partial charge < -0.3 is 28.1 Å². The molecule has 1 N–H and O–H groups in total. The lowest BCUT2D eigenvalue weighted by atomic mass is 10.8. The summed E-state index contributed by atoms with van der Waals surface area (Å²) in [6, 6.07) is 0.407. The van der Waals surface area contributed by atoms with E-state index in [0.717, 1.165) is 0 Å². The zero-order chi connectivity index (χ0) is 17.8. The molecule has 0 radical (unpaired) electrons. The predicted molar refractivity (Wildman–Crippen MR) is 132 cm³/mol. The maximum atomic E-state index is 5.79. The van der Waals surface area contributed by atoms with E-state index in [1.54, 1.807) is 0 Å². The van der Waals surface area contributed by atoms with Crippen molar-refractivity contribution in [2.75, 3.05) is 44.5 Å². The summed E-state index contributed by atoms with van der Waals surface area (Å²) in [7, 11) is -2.84. The van der Waals surface area contributed by atoms with Crippen molar-refractivity contribution in [3.05, 3.63) is 0 Å². The van der Waals surface area contributed by atoms with Crippen molar-refractivity contribution in [2.24, 2.45) is 0 Å². The number of nitrogens with zero attached hydrogens (tertiary/aromatic N) is 3. The number of nitrogens with one attached hydrogen (secondary N) is 1. The average Bonchev–Trinajstić information content (AvgIpc) is 2.54. The third-order valence-electron chi connectivity index (χ3n) is 2.70. The molecule has 0 amide bonds. The summed E-state index contributed by atoms with van der Waals surface area (Å²) in [6.45, 7) is 11.8. The minimum absolute atomic E-state index is 0. The highest BCUT2D eigenvalue weighted by Crippen LogP contribution is 2.15. The van der Waals surface area contributed by atoms with Gasteiger partial charge in [0.05, 0.1) is 19.4 Å². The highest BCUT2D eigenvalue weighted by Gasteiger charge is 2.40. The fraction of sp³-hybridized carbons (Fsp3) is 0.850. The summed E-state index contributed by atoms with van der Waals surface area (Å²) in [4.78, 5) is 12.5. The molecule has 0 aliphatic carbocycles. The molecule has 1 rings (SSSR count). The Labute approximate surface area is 188 Å². The SMILES string of the molecule is C.C.C.C.C.C.CCOc1nc(NC[Si](OCC)(OCC)OCC)nc(OCC)n1. The number of hydrogen-bond donors (Lipinski definition) is 1. The van der Waals surface area contributed by atoms with Gasteiger partial charge in [0, 0.05) is 19.8 Å². The molecule has 0 aliphatic heterocycles. The fourth-order valence-electron chi connectivity index (χ4n) is 1.93. The Hall–Kier alpha value is -1.49. The molecule has 9 nitrogen and oxygen atoms in total. The predicted octanol–water partition coefficient (Wildman–Crippen LogP) is 5.49. The van der Waals surface area contributed by atoms with Crippen molar-refractivity contribution in [2.45, 2.75) is 79.2 Å². The Morgan fingerprint density at radius 1 is 0.600 bits per heavy atom. The van der Waals surface area contributed by atoms with Crippen molar-refractivity contribution in [3.8, 4) is 12.0 Å². The van der Waals surface area contributed by atoms with Crippen molar-refractivity contribution in [1.29, 1.82) is 0 Å². The van der Waals surface area contributed by atoms with Crippen LogP contribution in [0.5, 0.6) is 12.0 Å². The Kier molecular flexibility index (Phi) is 33.8. The zero-order valence-corrected chi connectivity index (χ0v) is 16.1. The highest BCUT2D eigenvalue weighted by molar-refractivity contribution is 6.61. The molecule has 30 heavy (non-hydrogen) atoms. The molecule has 0 fully saturated rings. The summed E-state index contributed by atoms with van der Waals surface area (Å²) in [5.74, 6) is 0.327. The molecule has 10 heteroatoms. The molecule has 0 saturated carbocycles. The largest absolute Gasteiger partial charge is 0.521 e. The first kappa shape index (κ1) is 42.6. The van der Waals surface area contributed by atoms with Gasteiger partial charge in [-0.3, -0.25) is 0 Å². The third kappa shape index (κ3) is 14.5. The number of rotatable bonds is 13. The number of aromatic nitrogens is 3. The second-order valence-corrected chi connectivity index (χ2v) is 7.01. The van der Waals surface area contributed by atoms with Crippen LogP contribution in [0.4, 0.5) is 5.95 Å².